The molecule has 2 rings (SSSR count). The number of aromatic nitrogens is 3. The second kappa shape index (κ2) is 4.45. The number of amides is 1. The van der Waals surface area contributed by atoms with Crippen molar-refractivity contribution in [3.05, 3.63) is 41.9 Å². The largest absolute Gasteiger partial charge is 0.354 e. The van der Waals surface area contributed by atoms with Crippen molar-refractivity contribution < 1.29 is 4.79 Å². The zero-order valence-electron chi connectivity index (χ0n) is 9.08. The Kier molecular flexibility index (Phi) is 2.83. The van der Waals surface area contributed by atoms with Gasteiger partial charge in [0.25, 0.3) is 5.91 Å². The molecule has 1 amide bonds. The summed E-state index contributed by atoms with van der Waals surface area (Å²) < 4.78 is 1.45. The standard InChI is InChI=1S/C11H9N5O/c1-13-11(17)9-5-6-16(15-9)10-4-2-3-8(7-12)14-10/h2-6H,1H3,(H,13,17). The van der Waals surface area contributed by atoms with Crippen molar-refractivity contribution >= 4 is 5.91 Å². The highest BCUT2D eigenvalue weighted by molar-refractivity contribution is 5.91. The van der Waals surface area contributed by atoms with Crippen molar-refractivity contribution in [3.8, 4) is 11.9 Å². The van der Waals surface area contributed by atoms with E-state index in [9.17, 15) is 4.79 Å². The van der Waals surface area contributed by atoms with Gasteiger partial charge in [-0.15, -0.1) is 0 Å². The summed E-state index contributed by atoms with van der Waals surface area (Å²) in [5.74, 6) is 0.236. The predicted octanol–water partition coefficient (Wildman–Crippen LogP) is 0.499. The fraction of sp³-hybridized carbons (Fsp3) is 0.0909. The van der Waals surface area contributed by atoms with Crippen LogP contribution in [0.25, 0.3) is 5.82 Å². The second-order valence-corrected chi connectivity index (χ2v) is 3.22. The predicted molar refractivity (Wildman–Crippen MR) is 59.5 cm³/mol. The molecular formula is C11H9N5O. The number of hydrogen-bond donors (Lipinski definition) is 1. The van der Waals surface area contributed by atoms with Gasteiger partial charge in [-0.25, -0.2) is 9.67 Å². The quantitative estimate of drug-likeness (QED) is 0.809. The molecule has 0 saturated heterocycles. The topological polar surface area (TPSA) is 83.6 Å². The second-order valence-electron chi connectivity index (χ2n) is 3.22. The molecule has 0 spiro atoms. The minimum atomic E-state index is -0.264. The number of nitriles is 1. The lowest BCUT2D eigenvalue weighted by Gasteiger charge is -1.99. The van der Waals surface area contributed by atoms with E-state index in [-0.39, 0.29) is 5.91 Å². The minimum absolute atomic E-state index is 0.264. The fourth-order valence-electron chi connectivity index (χ4n) is 1.31. The summed E-state index contributed by atoms with van der Waals surface area (Å²) in [6, 6.07) is 8.55. The maximum atomic E-state index is 11.3. The molecule has 2 aromatic rings. The van der Waals surface area contributed by atoms with Crippen LogP contribution >= 0.6 is 0 Å². The molecule has 0 saturated carbocycles. The highest BCUT2D eigenvalue weighted by atomic mass is 16.1. The molecule has 0 aromatic carbocycles. The van der Waals surface area contributed by atoms with E-state index in [1.54, 1.807) is 30.5 Å². The van der Waals surface area contributed by atoms with Crippen LogP contribution in [-0.4, -0.2) is 27.7 Å². The molecular weight excluding hydrogens is 218 g/mol. The Balaban J connectivity index is 2.37. The van der Waals surface area contributed by atoms with E-state index < -0.39 is 0 Å². The molecule has 6 heteroatoms. The van der Waals surface area contributed by atoms with Gasteiger partial charge in [-0.2, -0.15) is 10.4 Å². The monoisotopic (exact) mass is 227 g/mol. The number of carbonyl (C=O) groups excluding carboxylic acids is 1. The lowest BCUT2D eigenvalue weighted by atomic mass is 10.4. The maximum absolute atomic E-state index is 11.3. The third-order valence-electron chi connectivity index (χ3n) is 2.13. The van der Waals surface area contributed by atoms with Gasteiger partial charge in [-0.1, -0.05) is 6.07 Å². The van der Waals surface area contributed by atoms with Gasteiger partial charge in [0.2, 0.25) is 0 Å². The molecule has 17 heavy (non-hydrogen) atoms. The summed E-state index contributed by atoms with van der Waals surface area (Å²) in [6.45, 7) is 0. The van der Waals surface area contributed by atoms with Gasteiger partial charge in [0.1, 0.15) is 11.8 Å². The smallest absolute Gasteiger partial charge is 0.271 e. The number of pyridine rings is 1. The van der Waals surface area contributed by atoms with Crippen molar-refractivity contribution in [1.29, 1.82) is 5.26 Å². The zero-order chi connectivity index (χ0) is 12.3. The normalized spacial score (nSPS) is 9.65. The van der Waals surface area contributed by atoms with Crippen molar-refractivity contribution in [2.75, 3.05) is 7.05 Å². The van der Waals surface area contributed by atoms with Crippen LogP contribution in [-0.2, 0) is 0 Å². The molecule has 0 radical (unpaired) electrons. The van der Waals surface area contributed by atoms with Crippen molar-refractivity contribution in [1.82, 2.24) is 20.1 Å². The summed E-state index contributed by atoms with van der Waals surface area (Å²) in [4.78, 5) is 15.4. The molecule has 0 fully saturated rings. The molecule has 2 heterocycles. The van der Waals surface area contributed by atoms with Crippen LogP contribution in [0.15, 0.2) is 30.5 Å². The molecule has 0 unspecified atom stereocenters. The van der Waals surface area contributed by atoms with E-state index in [4.69, 9.17) is 5.26 Å². The number of hydrogen-bond acceptors (Lipinski definition) is 4. The zero-order valence-corrected chi connectivity index (χ0v) is 9.08. The number of nitrogens with one attached hydrogen (secondary N) is 1. The first-order valence-electron chi connectivity index (χ1n) is 4.90. The number of carbonyl (C=O) groups is 1. The molecule has 0 atom stereocenters. The van der Waals surface area contributed by atoms with Crippen LogP contribution in [0, 0.1) is 11.3 Å². The Hall–Kier alpha value is -2.68. The molecule has 84 valence electrons. The highest BCUT2D eigenvalue weighted by Crippen LogP contribution is 2.05. The highest BCUT2D eigenvalue weighted by Gasteiger charge is 2.08. The Morgan fingerprint density at radius 2 is 2.29 bits per heavy atom. The Morgan fingerprint density at radius 3 is 3.00 bits per heavy atom. The van der Waals surface area contributed by atoms with Gasteiger partial charge in [0, 0.05) is 13.2 Å². The van der Waals surface area contributed by atoms with Crippen LogP contribution in [0.4, 0.5) is 0 Å². The number of rotatable bonds is 2. The molecule has 6 nitrogen and oxygen atoms in total. The fourth-order valence-corrected chi connectivity index (χ4v) is 1.31. The third-order valence-corrected chi connectivity index (χ3v) is 2.13. The lowest BCUT2D eigenvalue weighted by Crippen LogP contribution is -2.18. The van der Waals surface area contributed by atoms with Gasteiger partial charge < -0.3 is 5.32 Å². The van der Waals surface area contributed by atoms with Crippen LogP contribution in [0.2, 0.25) is 0 Å². The molecule has 1 N–H and O–H groups in total. The van der Waals surface area contributed by atoms with Gasteiger partial charge in [0.15, 0.2) is 11.5 Å². The molecule has 0 aliphatic rings. The first-order valence-corrected chi connectivity index (χ1v) is 4.90. The van der Waals surface area contributed by atoms with Gasteiger partial charge in [-0.3, -0.25) is 4.79 Å². The van der Waals surface area contributed by atoms with Crippen molar-refractivity contribution in [2.45, 2.75) is 0 Å². The van der Waals surface area contributed by atoms with Crippen molar-refractivity contribution in [2.24, 2.45) is 0 Å². The van der Waals surface area contributed by atoms with E-state index in [2.05, 4.69) is 15.4 Å². The summed E-state index contributed by atoms with van der Waals surface area (Å²) in [5.41, 5.74) is 0.608. The van der Waals surface area contributed by atoms with E-state index in [1.807, 2.05) is 6.07 Å². The average molecular weight is 227 g/mol. The van der Waals surface area contributed by atoms with Crippen LogP contribution in [0.3, 0.4) is 0 Å². The third kappa shape index (κ3) is 2.13. The molecule has 0 bridgehead atoms. The van der Waals surface area contributed by atoms with Crippen LogP contribution in [0.5, 0.6) is 0 Å². The summed E-state index contributed by atoms with van der Waals surface area (Å²) in [7, 11) is 1.54. The maximum Gasteiger partial charge on any atom is 0.271 e. The molecule has 2 aromatic heterocycles. The van der Waals surface area contributed by atoms with Gasteiger partial charge >= 0.3 is 0 Å². The van der Waals surface area contributed by atoms with Gasteiger partial charge in [-0.05, 0) is 18.2 Å². The van der Waals surface area contributed by atoms with E-state index in [1.165, 1.54) is 11.7 Å². The summed E-state index contributed by atoms with van der Waals surface area (Å²) in [5, 5.41) is 15.3. The molecule has 0 aliphatic heterocycles. The van der Waals surface area contributed by atoms with Crippen molar-refractivity contribution in [3.63, 3.8) is 0 Å². The Bertz CT molecular complexity index is 596. The summed E-state index contributed by atoms with van der Waals surface area (Å²) >= 11 is 0. The van der Waals surface area contributed by atoms with E-state index in [0.717, 1.165) is 0 Å². The number of nitrogens with zero attached hydrogens (tertiary/aromatic N) is 4. The van der Waals surface area contributed by atoms with Crippen LogP contribution < -0.4 is 5.32 Å². The lowest BCUT2D eigenvalue weighted by molar-refractivity contribution is 0.0957. The minimum Gasteiger partial charge on any atom is -0.354 e. The molecule has 0 aliphatic carbocycles. The first-order chi connectivity index (χ1) is 8.24. The first kappa shape index (κ1) is 10.8. The van der Waals surface area contributed by atoms with E-state index in [0.29, 0.717) is 17.2 Å². The van der Waals surface area contributed by atoms with Gasteiger partial charge in [0.05, 0.1) is 0 Å². The average Bonchev–Trinajstić information content (AvgIpc) is 2.87. The SMILES string of the molecule is CNC(=O)c1ccn(-c2cccc(C#N)n2)n1. The Morgan fingerprint density at radius 1 is 1.47 bits per heavy atom. The Labute approximate surface area is 97.5 Å². The summed E-state index contributed by atoms with van der Waals surface area (Å²) in [6.07, 6.45) is 1.62. The van der Waals surface area contributed by atoms with Crippen LogP contribution in [0.1, 0.15) is 16.2 Å². The van der Waals surface area contributed by atoms with E-state index >= 15 is 0 Å².